The van der Waals surface area contributed by atoms with Gasteiger partial charge in [0, 0.05) is 6.42 Å². The molecule has 2 atom stereocenters. The van der Waals surface area contributed by atoms with Gasteiger partial charge in [0.15, 0.2) is 0 Å². The molecule has 2 unspecified atom stereocenters. The number of aromatic hydroxyl groups is 1. The molecule has 3 heteroatoms. The highest BCUT2D eigenvalue weighted by Gasteiger charge is 2.51. The maximum absolute atomic E-state index is 11.4. The third-order valence-electron chi connectivity index (χ3n) is 3.66. The van der Waals surface area contributed by atoms with E-state index in [9.17, 15) is 9.90 Å². The van der Waals surface area contributed by atoms with Gasteiger partial charge in [-0.05, 0) is 42.4 Å². The molecule has 1 aliphatic rings. The monoisotopic (exact) mass is 234 g/mol. The number of hydrogen-bond donors (Lipinski definition) is 1. The van der Waals surface area contributed by atoms with Gasteiger partial charge in [0.25, 0.3) is 0 Å². The predicted molar refractivity (Wildman–Crippen MR) is 64.8 cm³/mol. The van der Waals surface area contributed by atoms with Crippen molar-refractivity contribution in [1.82, 2.24) is 0 Å². The van der Waals surface area contributed by atoms with Crippen molar-refractivity contribution in [1.29, 1.82) is 0 Å². The van der Waals surface area contributed by atoms with Crippen molar-refractivity contribution in [2.75, 3.05) is 6.61 Å². The molecule has 1 aliphatic carbocycles. The van der Waals surface area contributed by atoms with E-state index in [1.807, 2.05) is 19.1 Å². The van der Waals surface area contributed by atoms with Crippen molar-refractivity contribution in [3.8, 4) is 5.75 Å². The zero-order chi connectivity index (χ0) is 12.5. The van der Waals surface area contributed by atoms with E-state index in [1.165, 1.54) is 5.56 Å². The summed E-state index contributed by atoms with van der Waals surface area (Å²) in [6.45, 7) is 4.43. The van der Waals surface area contributed by atoms with Crippen LogP contribution in [0.3, 0.4) is 0 Å². The largest absolute Gasteiger partial charge is 0.508 e. The van der Waals surface area contributed by atoms with Gasteiger partial charge in [-0.25, -0.2) is 0 Å². The molecule has 1 saturated carbocycles. The lowest BCUT2D eigenvalue weighted by molar-refractivity contribution is -0.143. The van der Waals surface area contributed by atoms with Crippen LogP contribution < -0.4 is 0 Å². The summed E-state index contributed by atoms with van der Waals surface area (Å²) in [5.41, 5.74) is 1.25. The normalized spacial score (nSPS) is 26.6. The van der Waals surface area contributed by atoms with Gasteiger partial charge < -0.3 is 9.84 Å². The molecule has 0 saturated heterocycles. The van der Waals surface area contributed by atoms with Gasteiger partial charge in [-0.3, -0.25) is 4.79 Å². The first-order valence-electron chi connectivity index (χ1n) is 6.01. The van der Waals surface area contributed by atoms with Gasteiger partial charge in [0.2, 0.25) is 0 Å². The van der Waals surface area contributed by atoms with Crippen LogP contribution in [0.2, 0.25) is 0 Å². The highest BCUT2D eigenvalue weighted by molar-refractivity contribution is 5.70. The molecule has 92 valence electrons. The first-order valence-corrected chi connectivity index (χ1v) is 6.01. The number of ether oxygens (including phenoxy) is 1. The fourth-order valence-electron chi connectivity index (χ4n) is 2.37. The minimum Gasteiger partial charge on any atom is -0.508 e. The van der Waals surface area contributed by atoms with E-state index < -0.39 is 0 Å². The van der Waals surface area contributed by atoms with Crippen LogP contribution in [0.15, 0.2) is 24.3 Å². The van der Waals surface area contributed by atoms with E-state index in [-0.39, 0.29) is 17.1 Å². The summed E-state index contributed by atoms with van der Waals surface area (Å²) in [6.07, 6.45) is 1.50. The van der Waals surface area contributed by atoms with E-state index >= 15 is 0 Å². The quantitative estimate of drug-likeness (QED) is 0.815. The van der Waals surface area contributed by atoms with Gasteiger partial charge in [0.05, 0.1) is 6.61 Å². The Balaban J connectivity index is 1.99. The maximum atomic E-state index is 11.4. The molecule has 0 spiro atoms. The van der Waals surface area contributed by atoms with E-state index in [0.29, 0.717) is 18.9 Å². The molecule has 0 amide bonds. The summed E-state index contributed by atoms with van der Waals surface area (Å²) in [5.74, 6) is 0.533. The molecule has 0 aromatic heterocycles. The van der Waals surface area contributed by atoms with Crippen molar-refractivity contribution in [3.63, 3.8) is 0 Å². The SMILES string of the molecule is CCOC(=O)CC1CC1(C)c1ccc(O)cc1. The smallest absolute Gasteiger partial charge is 0.306 e. The number of phenols is 1. The number of carbonyl (C=O) groups excluding carboxylic acids is 1. The number of benzene rings is 1. The minimum atomic E-state index is -0.111. The second-order valence-corrected chi connectivity index (χ2v) is 4.87. The molecular weight excluding hydrogens is 216 g/mol. The molecule has 0 heterocycles. The Morgan fingerprint density at radius 1 is 1.47 bits per heavy atom. The minimum absolute atomic E-state index is 0.0699. The number of rotatable bonds is 4. The van der Waals surface area contributed by atoms with Crippen molar-refractivity contribution in [3.05, 3.63) is 29.8 Å². The van der Waals surface area contributed by atoms with Crippen LogP contribution in [0.1, 0.15) is 32.3 Å². The van der Waals surface area contributed by atoms with Gasteiger partial charge in [-0.1, -0.05) is 19.1 Å². The molecule has 3 nitrogen and oxygen atoms in total. The Morgan fingerprint density at radius 2 is 2.12 bits per heavy atom. The van der Waals surface area contributed by atoms with Crippen molar-refractivity contribution in [2.24, 2.45) is 5.92 Å². The molecule has 0 bridgehead atoms. The van der Waals surface area contributed by atoms with Crippen molar-refractivity contribution >= 4 is 5.97 Å². The molecule has 1 aromatic carbocycles. The average Bonchev–Trinajstić information content (AvgIpc) is 2.91. The lowest BCUT2D eigenvalue weighted by Crippen LogP contribution is -2.10. The summed E-state index contributed by atoms with van der Waals surface area (Å²) in [4.78, 5) is 11.4. The molecule has 0 aliphatic heterocycles. The molecule has 2 rings (SSSR count). The number of hydrogen-bond acceptors (Lipinski definition) is 3. The zero-order valence-corrected chi connectivity index (χ0v) is 10.3. The van der Waals surface area contributed by atoms with Crippen molar-refractivity contribution < 1.29 is 14.6 Å². The molecule has 1 N–H and O–H groups in total. The Bertz CT molecular complexity index is 410. The summed E-state index contributed by atoms with van der Waals surface area (Å²) < 4.78 is 4.96. The number of esters is 1. The summed E-state index contributed by atoms with van der Waals surface area (Å²) >= 11 is 0. The van der Waals surface area contributed by atoms with Crippen LogP contribution in [0.4, 0.5) is 0 Å². The van der Waals surface area contributed by atoms with Crippen LogP contribution in [0, 0.1) is 5.92 Å². The Kier molecular flexibility index (Phi) is 3.09. The highest BCUT2D eigenvalue weighted by Crippen LogP contribution is 2.55. The Morgan fingerprint density at radius 3 is 2.71 bits per heavy atom. The topological polar surface area (TPSA) is 46.5 Å². The highest BCUT2D eigenvalue weighted by atomic mass is 16.5. The third kappa shape index (κ3) is 2.43. The third-order valence-corrected chi connectivity index (χ3v) is 3.66. The van der Waals surface area contributed by atoms with Crippen molar-refractivity contribution in [2.45, 2.75) is 32.1 Å². The van der Waals surface area contributed by atoms with E-state index in [1.54, 1.807) is 12.1 Å². The van der Waals surface area contributed by atoms with Gasteiger partial charge in [-0.2, -0.15) is 0 Å². The Labute approximate surface area is 101 Å². The average molecular weight is 234 g/mol. The Hall–Kier alpha value is -1.51. The standard InChI is InChI=1S/C14H18O3/c1-3-17-13(16)8-11-9-14(11,2)10-4-6-12(15)7-5-10/h4-7,11,15H,3,8-9H2,1-2H3. The molecule has 17 heavy (non-hydrogen) atoms. The van der Waals surface area contributed by atoms with Crippen LogP contribution in [-0.2, 0) is 14.9 Å². The second-order valence-electron chi connectivity index (χ2n) is 4.87. The molecule has 1 fully saturated rings. The lowest BCUT2D eigenvalue weighted by Gasteiger charge is -2.11. The fraction of sp³-hybridized carbons (Fsp3) is 0.500. The first-order chi connectivity index (χ1) is 8.06. The van der Waals surface area contributed by atoms with Crippen LogP contribution in [-0.4, -0.2) is 17.7 Å². The van der Waals surface area contributed by atoms with Crippen LogP contribution in [0.5, 0.6) is 5.75 Å². The number of carbonyl (C=O) groups is 1. The molecule has 1 aromatic rings. The fourth-order valence-corrected chi connectivity index (χ4v) is 2.37. The molecular formula is C14H18O3. The second kappa shape index (κ2) is 4.40. The summed E-state index contributed by atoms with van der Waals surface area (Å²) in [6, 6.07) is 7.25. The van der Waals surface area contributed by atoms with Gasteiger partial charge in [-0.15, -0.1) is 0 Å². The lowest BCUT2D eigenvalue weighted by atomic mass is 9.94. The zero-order valence-electron chi connectivity index (χ0n) is 10.3. The van der Waals surface area contributed by atoms with Gasteiger partial charge >= 0.3 is 5.97 Å². The van der Waals surface area contributed by atoms with E-state index in [0.717, 1.165) is 6.42 Å². The van der Waals surface area contributed by atoms with E-state index in [4.69, 9.17) is 4.74 Å². The van der Waals surface area contributed by atoms with Gasteiger partial charge in [0.1, 0.15) is 5.75 Å². The molecule has 0 radical (unpaired) electrons. The first kappa shape index (κ1) is 12.0. The predicted octanol–water partition coefficient (Wildman–Crippen LogP) is 2.62. The number of phenolic OH excluding ortho intramolecular Hbond substituents is 1. The summed E-state index contributed by atoms with van der Waals surface area (Å²) in [7, 11) is 0. The van der Waals surface area contributed by atoms with E-state index in [2.05, 4.69) is 6.92 Å². The van der Waals surface area contributed by atoms with Crippen LogP contribution >= 0.6 is 0 Å². The maximum Gasteiger partial charge on any atom is 0.306 e. The summed E-state index contributed by atoms with van der Waals surface area (Å²) in [5, 5.41) is 9.25. The van der Waals surface area contributed by atoms with Crippen LogP contribution in [0.25, 0.3) is 0 Å².